The molecule has 0 radical (unpaired) electrons. The monoisotopic (exact) mass is 279 g/mol. The number of methoxy groups -OCH3 is 1. The topological polar surface area (TPSA) is 31.2 Å². The lowest BCUT2D eigenvalue weighted by Crippen LogP contribution is -2.00. The standard InChI is InChI=1S/C18H17NO2/c1-21-16-7-5-14(6-8-16)9-11-19-12-10-17-15(13-20)3-2-4-18(17)19/h2-8,10,12-13H,9,11H2,1H3. The third kappa shape index (κ3) is 2.68. The fourth-order valence-electron chi connectivity index (χ4n) is 2.59. The summed E-state index contributed by atoms with van der Waals surface area (Å²) in [4.78, 5) is 11.0. The van der Waals surface area contributed by atoms with Gasteiger partial charge in [0, 0.05) is 29.2 Å². The van der Waals surface area contributed by atoms with E-state index in [1.165, 1.54) is 5.56 Å². The van der Waals surface area contributed by atoms with Crippen LogP contribution in [0, 0.1) is 0 Å². The summed E-state index contributed by atoms with van der Waals surface area (Å²) in [6.45, 7) is 0.887. The fraction of sp³-hybridized carbons (Fsp3) is 0.167. The quantitative estimate of drug-likeness (QED) is 0.667. The maximum Gasteiger partial charge on any atom is 0.150 e. The number of aromatic nitrogens is 1. The summed E-state index contributed by atoms with van der Waals surface area (Å²) in [6, 6.07) is 16.0. The van der Waals surface area contributed by atoms with Crippen molar-refractivity contribution in [1.29, 1.82) is 0 Å². The molecule has 1 heterocycles. The molecule has 0 aliphatic heterocycles. The highest BCUT2D eigenvalue weighted by atomic mass is 16.5. The Labute approximate surface area is 123 Å². The number of nitrogens with zero attached hydrogens (tertiary/aromatic N) is 1. The Balaban J connectivity index is 1.80. The first-order valence-electron chi connectivity index (χ1n) is 6.98. The Morgan fingerprint density at radius 2 is 1.90 bits per heavy atom. The van der Waals surface area contributed by atoms with Crippen LogP contribution >= 0.6 is 0 Å². The third-order valence-corrected chi connectivity index (χ3v) is 3.77. The number of rotatable bonds is 5. The van der Waals surface area contributed by atoms with Gasteiger partial charge in [0.1, 0.15) is 5.75 Å². The van der Waals surface area contributed by atoms with Crippen LogP contribution in [0.2, 0.25) is 0 Å². The van der Waals surface area contributed by atoms with Gasteiger partial charge in [-0.2, -0.15) is 0 Å². The van der Waals surface area contributed by atoms with Crippen LogP contribution in [0.25, 0.3) is 10.9 Å². The van der Waals surface area contributed by atoms with E-state index in [0.717, 1.165) is 41.5 Å². The van der Waals surface area contributed by atoms with Crippen molar-refractivity contribution in [3.63, 3.8) is 0 Å². The number of carbonyl (C=O) groups is 1. The molecule has 3 rings (SSSR count). The average Bonchev–Trinajstić information content (AvgIpc) is 2.96. The predicted molar refractivity (Wildman–Crippen MR) is 84.0 cm³/mol. The van der Waals surface area contributed by atoms with Crippen LogP contribution in [0.1, 0.15) is 15.9 Å². The molecule has 0 fully saturated rings. The number of ether oxygens (including phenoxy) is 1. The maximum atomic E-state index is 11.0. The molecule has 0 atom stereocenters. The Morgan fingerprint density at radius 1 is 1.10 bits per heavy atom. The summed E-state index contributed by atoms with van der Waals surface area (Å²) in [6.07, 6.45) is 3.90. The zero-order valence-corrected chi connectivity index (χ0v) is 12.0. The summed E-state index contributed by atoms with van der Waals surface area (Å²) in [5.74, 6) is 0.876. The van der Waals surface area contributed by atoms with Gasteiger partial charge in [-0.3, -0.25) is 4.79 Å². The summed E-state index contributed by atoms with van der Waals surface area (Å²) in [5, 5.41) is 1.02. The van der Waals surface area contributed by atoms with Crippen molar-refractivity contribution in [3.05, 3.63) is 65.9 Å². The molecule has 3 aromatic rings. The van der Waals surface area contributed by atoms with Gasteiger partial charge in [0.2, 0.25) is 0 Å². The van der Waals surface area contributed by atoms with Gasteiger partial charge < -0.3 is 9.30 Å². The Bertz CT molecular complexity index is 756. The number of aldehydes is 1. The molecule has 21 heavy (non-hydrogen) atoms. The first-order valence-corrected chi connectivity index (χ1v) is 6.98. The van der Waals surface area contributed by atoms with Gasteiger partial charge in [0.15, 0.2) is 6.29 Å². The Kier molecular flexibility index (Phi) is 3.73. The number of carbonyl (C=O) groups excluding carboxylic acids is 1. The van der Waals surface area contributed by atoms with Crippen LogP contribution < -0.4 is 4.74 Å². The summed E-state index contributed by atoms with van der Waals surface area (Å²) in [7, 11) is 1.67. The van der Waals surface area contributed by atoms with Gasteiger partial charge >= 0.3 is 0 Å². The normalized spacial score (nSPS) is 10.7. The number of benzene rings is 2. The van der Waals surface area contributed by atoms with Crippen LogP contribution in [0.5, 0.6) is 5.75 Å². The SMILES string of the molecule is COc1ccc(CCn2ccc3c(C=O)cccc32)cc1. The van der Waals surface area contributed by atoms with E-state index >= 15 is 0 Å². The van der Waals surface area contributed by atoms with Crippen molar-refractivity contribution >= 4 is 17.2 Å². The predicted octanol–water partition coefficient (Wildman–Crippen LogP) is 3.71. The van der Waals surface area contributed by atoms with E-state index in [4.69, 9.17) is 4.74 Å². The summed E-state index contributed by atoms with van der Waals surface area (Å²) in [5.41, 5.74) is 3.12. The molecule has 0 saturated heterocycles. The Hall–Kier alpha value is -2.55. The van der Waals surface area contributed by atoms with Gasteiger partial charge in [-0.15, -0.1) is 0 Å². The van der Waals surface area contributed by atoms with E-state index in [0.29, 0.717) is 0 Å². The van der Waals surface area contributed by atoms with Crippen molar-refractivity contribution in [1.82, 2.24) is 4.57 Å². The van der Waals surface area contributed by atoms with Gasteiger partial charge in [-0.1, -0.05) is 24.3 Å². The molecule has 0 amide bonds. The molecule has 0 N–H and O–H groups in total. The summed E-state index contributed by atoms with van der Waals surface area (Å²) < 4.78 is 7.35. The molecular weight excluding hydrogens is 262 g/mol. The lowest BCUT2D eigenvalue weighted by Gasteiger charge is -2.07. The third-order valence-electron chi connectivity index (χ3n) is 3.77. The van der Waals surface area contributed by atoms with Crippen molar-refractivity contribution in [2.24, 2.45) is 0 Å². The van der Waals surface area contributed by atoms with E-state index in [1.807, 2.05) is 36.5 Å². The molecule has 0 aliphatic carbocycles. The van der Waals surface area contributed by atoms with Crippen molar-refractivity contribution < 1.29 is 9.53 Å². The smallest absolute Gasteiger partial charge is 0.150 e. The van der Waals surface area contributed by atoms with Crippen molar-refractivity contribution in [3.8, 4) is 5.75 Å². The minimum Gasteiger partial charge on any atom is -0.497 e. The van der Waals surface area contributed by atoms with Crippen molar-refractivity contribution in [2.75, 3.05) is 7.11 Å². The second kappa shape index (κ2) is 5.83. The second-order valence-corrected chi connectivity index (χ2v) is 5.01. The van der Waals surface area contributed by atoms with Crippen LogP contribution in [0.15, 0.2) is 54.7 Å². The molecule has 2 aromatic carbocycles. The largest absolute Gasteiger partial charge is 0.497 e. The Morgan fingerprint density at radius 3 is 2.62 bits per heavy atom. The van der Waals surface area contributed by atoms with Crippen LogP contribution in [0.3, 0.4) is 0 Å². The minimum absolute atomic E-state index is 0.746. The van der Waals surface area contributed by atoms with E-state index in [-0.39, 0.29) is 0 Å². The minimum atomic E-state index is 0.746. The molecular formula is C18H17NO2. The molecule has 0 saturated carbocycles. The second-order valence-electron chi connectivity index (χ2n) is 5.01. The molecule has 0 unspecified atom stereocenters. The van der Waals surface area contributed by atoms with E-state index in [9.17, 15) is 4.79 Å². The first-order chi connectivity index (χ1) is 10.3. The highest BCUT2D eigenvalue weighted by molar-refractivity contribution is 5.97. The number of hydrogen-bond donors (Lipinski definition) is 0. The van der Waals surface area contributed by atoms with Crippen molar-refractivity contribution in [2.45, 2.75) is 13.0 Å². The van der Waals surface area contributed by atoms with Gasteiger partial charge in [-0.05, 0) is 36.2 Å². The number of hydrogen-bond acceptors (Lipinski definition) is 2. The van der Waals surface area contributed by atoms with Gasteiger partial charge in [-0.25, -0.2) is 0 Å². The zero-order chi connectivity index (χ0) is 14.7. The van der Waals surface area contributed by atoms with Crippen LogP contribution in [-0.2, 0) is 13.0 Å². The highest BCUT2D eigenvalue weighted by Crippen LogP contribution is 2.20. The molecule has 0 spiro atoms. The molecule has 1 aromatic heterocycles. The van der Waals surface area contributed by atoms with E-state index in [2.05, 4.69) is 22.8 Å². The number of aryl methyl sites for hydroxylation is 2. The zero-order valence-electron chi connectivity index (χ0n) is 12.0. The summed E-state index contributed by atoms with van der Waals surface area (Å²) >= 11 is 0. The molecule has 0 bridgehead atoms. The lowest BCUT2D eigenvalue weighted by molar-refractivity contribution is 0.112. The molecule has 3 heteroatoms. The maximum absolute atomic E-state index is 11.0. The lowest BCUT2D eigenvalue weighted by atomic mass is 10.1. The fourth-order valence-corrected chi connectivity index (χ4v) is 2.59. The molecule has 106 valence electrons. The van der Waals surface area contributed by atoms with Gasteiger partial charge in [0.05, 0.1) is 7.11 Å². The highest BCUT2D eigenvalue weighted by Gasteiger charge is 2.05. The first kappa shape index (κ1) is 13.4. The van der Waals surface area contributed by atoms with E-state index in [1.54, 1.807) is 7.11 Å². The van der Waals surface area contributed by atoms with Gasteiger partial charge in [0.25, 0.3) is 0 Å². The number of fused-ring (bicyclic) bond motifs is 1. The van der Waals surface area contributed by atoms with Crippen LogP contribution in [0.4, 0.5) is 0 Å². The van der Waals surface area contributed by atoms with E-state index < -0.39 is 0 Å². The average molecular weight is 279 g/mol. The molecule has 0 aliphatic rings. The van der Waals surface area contributed by atoms with Crippen LogP contribution in [-0.4, -0.2) is 18.0 Å². The molecule has 3 nitrogen and oxygen atoms in total.